The zero-order valence-corrected chi connectivity index (χ0v) is 13.1. The third-order valence-corrected chi connectivity index (χ3v) is 3.43. The quantitative estimate of drug-likeness (QED) is 0.403. The van der Waals surface area contributed by atoms with Crippen molar-refractivity contribution in [3.8, 4) is 0 Å². The first kappa shape index (κ1) is 22.7. The van der Waals surface area contributed by atoms with Gasteiger partial charge in [-0.05, 0) is 25.3 Å². The Hall–Kier alpha value is 0.430. The van der Waals surface area contributed by atoms with Gasteiger partial charge in [-0.3, -0.25) is 4.79 Å². The Morgan fingerprint density at radius 1 is 1.00 bits per heavy atom. The van der Waals surface area contributed by atoms with Crippen LogP contribution >= 0.6 is 0 Å². The van der Waals surface area contributed by atoms with Crippen LogP contribution in [0.1, 0.15) is 78.6 Å². The Balaban J connectivity index is 0. The summed E-state index contributed by atoms with van der Waals surface area (Å²) in [7, 11) is 0. The number of nitrogens with one attached hydrogen (secondary N) is 1. The molecule has 0 bridgehead atoms. The normalized spacial score (nSPS) is 12.2. The molecule has 0 saturated heterocycles. The summed E-state index contributed by atoms with van der Waals surface area (Å²) in [6.45, 7) is 7.20. The molecule has 3 nitrogen and oxygen atoms in total. The number of hydrogen-bond acceptors (Lipinski definition) is 2. The number of hydrogen-bond donors (Lipinski definition) is 2. The van der Waals surface area contributed by atoms with Crippen LogP contribution in [0.4, 0.5) is 0 Å². The van der Waals surface area contributed by atoms with Gasteiger partial charge in [-0.1, -0.05) is 65.7 Å². The second-order valence-electron chi connectivity index (χ2n) is 5.95. The third kappa shape index (κ3) is 14.8. The van der Waals surface area contributed by atoms with Crippen LogP contribution < -0.4 is 5.32 Å². The van der Waals surface area contributed by atoms with Gasteiger partial charge in [0.2, 0.25) is 0 Å². The number of rotatable bonds is 13. The van der Waals surface area contributed by atoms with E-state index in [9.17, 15) is 4.79 Å². The predicted molar refractivity (Wildman–Crippen MR) is 88.6 cm³/mol. The van der Waals surface area contributed by atoms with Crippen LogP contribution in [-0.4, -0.2) is 53.2 Å². The number of carbonyl (C=O) groups is 1. The van der Waals surface area contributed by atoms with E-state index in [-0.39, 0.29) is 35.6 Å². The van der Waals surface area contributed by atoms with Gasteiger partial charge in [0.15, 0.2) is 0 Å². The first-order valence-electron chi connectivity index (χ1n) is 8.04. The fraction of sp³-hybridized carbons (Fsp3) is 0.938. The van der Waals surface area contributed by atoms with Gasteiger partial charge >= 0.3 is 35.5 Å². The van der Waals surface area contributed by atoms with Crippen LogP contribution in [0.5, 0.6) is 0 Å². The van der Waals surface area contributed by atoms with Gasteiger partial charge < -0.3 is 10.4 Å². The van der Waals surface area contributed by atoms with Gasteiger partial charge in [0.1, 0.15) is 6.04 Å². The minimum absolute atomic E-state index is 0. The van der Waals surface area contributed by atoms with E-state index >= 15 is 0 Å². The molecule has 4 heteroatoms. The molecule has 0 unspecified atom stereocenters. The van der Waals surface area contributed by atoms with Crippen molar-refractivity contribution in [1.82, 2.24) is 5.32 Å². The molecule has 0 aliphatic rings. The van der Waals surface area contributed by atoms with E-state index < -0.39 is 5.97 Å². The molecule has 0 saturated carbocycles. The molecular formula is C16H34NNaO2. The summed E-state index contributed by atoms with van der Waals surface area (Å²) >= 11 is 0. The van der Waals surface area contributed by atoms with Crippen LogP contribution in [0.2, 0.25) is 0 Å². The zero-order valence-electron chi connectivity index (χ0n) is 13.1. The van der Waals surface area contributed by atoms with Gasteiger partial charge in [-0.25, -0.2) is 0 Å². The summed E-state index contributed by atoms with van der Waals surface area (Å²) in [6, 6.07) is -0.371. The van der Waals surface area contributed by atoms with Crippen LogP contribution in [0.15, 0.2) is 0 Å². The van der Waals surface area contributed by atoms with Crippen LogP contribution in [0.25, 0.3) is 0 Å². The van der Waals surface area contributed by atoms with Crippen molar-refractivity contribution >= 4 is 35.5 Å². The summed E-state index contributed by atoms with van der Waals surface area (Å²) in [4.78, 5) is 11.0. The van der Waals surface area contributed by atoms with Crippen molar-refractivity contribution in [3.05, 3.63) is 0 Å². The molecule has 0 aromatic rings. The van der Waals surface area contributed by atoms with Crippen molar-refractivity contribution in [2.75, 3.05) is 6.54 Å². The summed E-state index contributed by atoms with van der Waals surface area (Å²) in [5, 5.41) is 12.2. The van der Waals surface area contributed by atoms with E-state index in [1.807, 2.05) is 0 Å². The first-order valence-corrected chi connectivity index (χ1v) is 8.04. The fourth-order valence-electron chi connectivity index (χ4n) is 2.28. The Labute approximate surface area is 147 Å². The van der Waals surface area contributed by atoms with E-state index in [1.165, 1.54) is 44.9 Å². The van der Waals surface area contributed by atoms with Crippen LogP contribution in [-0.2, 0) is 4.79 Å². The zero-order chi connectivity index (χ0) is 14.5. The molecule has 0 aliphatic carbocycles. The van der Waals surface area contributed by atoms with Crippen molar-refractivity contribution in [1.29, 1.82) is 0 Å². The van der Waals surface area contributed by atoms with Crippen molar-refractivity contribution in [2.24, 2.45) is 5.92 Å². The number of unbranched alkanes of at least 4 members (excludes halogenated alkanes) is 7. The number of carboxylic acids is 1. The standard InChI is InChI=1S/C16H33NO2.Na.H/c1-4-5-6-7-8-9-10-11-12-17-15(16(18)19)13-14(2)3;;/h14-15,17H,4-13H2,1-3H3,(H,18,19);;/t15-;;/m0../s1. The molecule has 0 aliphatic heterocycles. The van der Waals surface area contributed by atoms with Crippen LogP contribution in [0.3, 0.4) is 0 Å². The maximum absolute atomic E-state index is 11.0. The van der Waals surface area contributed by atoms with E-state index in [4.69, 9.17) is 5.11 Å². The van der Waals surface area contributed by atoms with Gasteiger partial charge in [0, 0.05) is 0 Å². The molecule has 116 valence electrons. The van der Waals surface area contributed by atoms with Gasteiger partial charge in [0.05, 0.1) is 0 Å². The van der Waals surface area contributed by atoms with Gasteiger partial charge in [-0.15, -0.1) is 0 Å². The van der Waals surface area contributed by atoms with E-state index in [0.717, 1.165) is 13.0 Å². The molecule has 0 radical (unpaired) electrons. The SMILES string of the molecule is CCCCCCCCCCN[C@@H](CC(C)C)C(=O)O.[NaH]. The maximum atomic E-state index is 11.0. The number of carboxylic acid groups (broad SMARTS) is 1. The molecule has 0 aromatic carbocycles. The molecule has 0 aromatic heterocycles. The van der Waals surface area contributed by atoms with Crippen LogP contribution in [0, 0.1) is 5.92 Å². The van der Waals surface area contributed by atoms with Crippen molar-refractivity contribution < 1.29 is 9.90 Å². The Bertz CT molecular complexity index is 223. The summed E-state index contributed by atoms with van der Waals surface area (Å²) < 4.78 is 0. The Kier molecular flexibility index (Phi) is 18.0. The average Bonchev–Trinajstić information content (AvgIpc) is 2.34. The fourth-order valence-corrected chi connectivity index (χ4v) is 2.28. The summed E-state index contributed by atoms with van der Waals surface area (Å²) in [6.07, 6.45) is 11.0. The molecule has 20 heavy (non-hydrogen) atoms. The van der Waals surface area contributed by atoms with Gasteiger partial charge in [0.25, 0.3) is 0 Å². The number of aliphatic carboxylic acids is 1. The predicted octanol–water partition coefficient (Wildman–Crippen LogP) is 3.57. The Morgan fingerprint density at radius 2 is 1.50 bits per heavy atom. The third-order valence-electron chi connectivity index (χ3n) is 3.43. The molecular weight excluding hydrogens is 261 g/mol. The first-order chi connectivity index (χ1) is 9.07. The van der Waals surface area contributed by atoms with Crippen molar-refractivity contribution in [3.63, 3.8) is 0 Å². The second-order valence-corrected chi connectivity index (χ2v) is 5.95. The molecule has 0 heterocycles. The summed E-state index contributed by atoms with van der Waals surface area (Å²) in [5.74, 6) is -0.291. The average molecular weight is 295 g/mol. The molecule has 0 rings (SSSR count). The van der Waals surface area contributed by atoms with E-state index in [2.05, 4.69) is 26.1 Å². The molecule has 0 amide bonds. The molecule has 2 N–H and O–H groups in total. The topological polar surface area (TPSA) is 49.3 Å². The molecule has 0 spiro atoms. The molecule has 1 atom stereocenters. The van der Waals surface area contributed by atoms with Gasteiger partial charge in [-0.2, -0.15) is 0 Å². The monoisotopic (exact) mass is 295 g/mol. The Morgan fingerprint density at radius 3 is 1.95 bits per heavy atom. The molecule has 0 fully saturated rings. The summed E-state index contributed by atoms with van der Waals surface area (Å²) in [5.41, 5.74) is 0. The van der Waals surface area contributed by atoms with E-state index in [0.29, 0.717) is 12.3 Å². The van der Waals surface area contributed by atoms with E-state index in [1.54, 1.807) is 0 Å². The van der Waals surface area contributed by atoms with Crippen molar-refractivity contribution in [2.45, 2.75) is 84.6 Å². The second kappa shape index (κ2) is 15.8. The minimum atomic E-state index is -0.715.